The molecule has 3 N–H and O–H groups in total. The molecule has 0 saturated carbocycles. The number of aliphatic hydroxyl groups is 3. The molecule has 3 atom stereocenters. The highest BCUT2D eigenvalue weighted by atomic mass is 16.5. The van der Waals surface area contributed by atoms with Crippen molar-refractivity contribution in [2.24, 2.45) is 0 Å². The van der Waals surface area contributed by atoms with E-state index in [9.17, 15) is 20.1 Å². The van der Waals surface area contributed by atoms with Crippen molar-refractivity contribution in [3.63, 3.8) is 0 Å². The van der Waals surface area contributed by atoms with Gasteiger partial charge in [0.05, 0.1) is 12.7 Å². The fraction of sp³-hybridized carbons (Fsp3) is 0.286. The summed E-state index contributed by atoms with van der Waals surface area (Å²) >= 11 is 0. The zero-order chi connectivity index (χ0) is 18.7. The van der Waals surface area contributed by atoms with Gasteiger partial charge in [-0.15, -0.1) is 0 Å². The lowest BCUT2D eigenvalue weighted by atomic mass is 9.82. The molecule has 1 aliphatic carbocycles. The number of rotatable bonds is 4. The van der Waals surface area contributed by atoms with Crippen LogP contribution >= 0.6 is 0 Å². The largest absolute Gasteiger partial charge is 0.464 e. The minimum atomic E-state index is -1.95. The molecule has 136 valence electrons. The van der Waals surface area contributed by atoms with Gasteiger partial charge in [0, 0.05) is 6.42 Å². The molecule has 0 unspecified atom stereocenters. The number of benzene rings is 2. The number of carbonyl (C=O) groups excluding carboxylic acids is 1. The van der Waals surface area contributed by atoms with Gasteiger partial charge in [0.2, 0.25) is 0 Å². The summed E-state index contributed by atoms with van der Waals surface area (Å²) in [6.45, 7) is 1.76. The molecule has 0 heterocycles. The molecule has 1 aliphatic rings. The normalized spacial score (nSPS) is 26.1. The Balaban J connectivity index is 1.90. The maximum atomic E-state index is 12.0. The number of hydrogen-bond acceptors (Lipinski definition) is 5. The third-order valence-corrected chi connectivity index (χ3v) is 4.50. The van der Waals surface area contributed by atoms with Crippen LogP contribution in [-0.2, 0) is 9.53 Å². The Morgan fingerprint density at radius 2 is 1.92 bits per heavy atom. The third kappa shape index (κ3) is 3.70. The van der Waals surface area contributed by atoms with Crippen LogP contribution in [0.1, 0.15) is 18.9 Å². The van der Waals surface area contributed by atoms with E-state index >= 15 is 0 Å². The number of hydrogen-bond donors (Lipinski definition) is 3. The van der Waals surface area contributed by atoms with Crippen LogP contribution in [0, 0.1) is 0 Å². The predicted molar refractivity (Wildman–Crippen MR) is 99.3 cm³/mol. The summed E-state index contributed by atoms with van der Waals surface area (Å²) in [4.78, 5) is 12.0. The molecule has 0 fully saturated rings. The van der Waals surface area contributed by atoms with Crippen LogP contribution in [0.25, 0.3) is 16.8 Å². The van der Waals surface area contributed by atoms with E-state index < -0.39 is 23.8 Å². The zero-order valence-electron chi connectivity index (χ0n) is 14.5. The summed E-state index contributed by atoms with van der Waals surface area (Å²) in [5.74, 6) is -0.831. The zero-order valence-corrected chi connectivity index (χ0v) is 14.5. The molecule has 0 aromatic heterocycles. The first-order valence-electron chi connectivity index (χ1n) is 8.58. The SMILES string of the molecule is CCOC(=O)[C@]1(O)C=C(/C=C/c2ccc3ccccc3c2)[C@@H](O)[C@H](O)C1. The van der Waals surface area contributed by atoms with E-state index in [2.05, 4.69) is 0 Å². The number of carbonyl (C=O) groups is 1. The molecule has 0 radical (unpaired) electrons. The average molecular weight is 354 g/mol. The van der Waals surface area contributed by atoms with E-state index in [0.29, 0.717) is 0 Å². The van der Waals surface area contributed by atoms with E-state index in [0.717, 1.165) is 16.3 Å². The molecule has 0 spiro atoms. The van der Waals surface area contributed by atoms with Gasteiger partial charge in [0.25, 0.3) is 0 Å². The van der Waals surface area contributed by atoms with Crippen LogP contribution < -0.4 is 0 Å². The molecule has 5 heteroatoms. The summed E-state index contributed by atoms with van der Waals surface area (Å²) in [6.07, 6.45) is 1.89. The van der Waals surface area contributed by atoms with Gasteiger partial charge in [-0.05, 0) is 41.0 Å². The van der Waals surface area contributed by atoms with Crippen LogP contribution in [0.3, 0.4) is 0 Å². The fourth-order valence-electron chi connectivity index (χ4n) is 3.12. The van der Waals surface area contributed by atoms with E-state index in [-0.39, 0.29) is 18.6 Å². The summed E-state index contributed by atoms with van der Waals surface area (Å²) in [6, 6.07) is 13.9. The minimum absolute atomic E-state index is 0.121. The lowest BCUT2D eigenvalue weighted by molar-refractivity contribution is -0.165. The van der Waals surface area contributed by atoms with Crippen molar-refractivity contribution in [3.05, 3.63) is 65.8 Å². The quantitative estimate of drug-likeness (QED) is 0.733. The van der Waals surface area contributed by atoms with Crippen molar-refractivity contribution >= 4 is 22.8 Å². The molecule has 0 aliphatic heterocycles. The summed E-state index contributed by atoms with van der Waals surface area (Å²) < 4.78 is 4.88. The molecule has 26 heavy (non-hydrogen) atoms. The van der Waals surface area contributed by atoms with Crippen LogP contribution in [0.4, 0.5) is 0 Å². The smallest absolute Gasteiger partial charge is 0.342 e. The first-order valence-corrected chi connectivity index (χ1v) is 8.58. The Labute approximate surface area is 151 Å². The highest BCUT2D eigenvalue weighted by Crippen LogP contribution is 2.30. The summed E-state index contributed by atoms with van der Waals surface area (Å²) in [5.41, 5.74) is -0.776. The Bertz CT molecular complexity index is 870. The highest BCUT2D eigenvalue weighted by Gasteiger charge is 2.44. The lowest BCUT2D eigenvalue weighted by Crippen LogP contribution is -2.48. The van der Waals surface area contributed by atoms with E-state index in [1.54, 1.807) is 19.1 Å². The van der Waals surface area contributed by atoms with Gasteiger partial charge in [-0.25, -0.2) is 4.79 Å². The molecule has 2 aromatic rings. The molecule has 5 nitrogen and oxygen atoms in total. The number of ether oxygens (including phenoxy) is 1. The van der Waals surface area contributed by atoms with E-state index in [1.165, 1.54) is 6.08 Å². The lowest BCUT2D eigenvalue weighted by Gasteiger charge is -2.33. The standard InChI is InChI=1S/C21H22O5/c1-2-26-20(24)21(25)12-17(19(23)18(22)13-21)10-8-14-7-9-15-5-3-4-6-16(15)11-14/h3-12,18-19,22-23,25H,2,13H2,1H3/b10-8+/t18-,19-,21+/m1/s1. The molecule has 2 aromatic carbocycles. The van der Waals surface area contributed by atoms with Crippen molar-refractivity contribution in [2.75, 3.05) is 6.61 Å². The van der Waals surface area contributed by atoms with Crippen LogP contribution in [0.5, 0.6) is 0 Å². The maximum Gasteiger partial charge on any atom is 0.342 e. The number of esters is 1. The Morgan fingerprint density at radius 1 is 1.19 bits per heavy atom. The van der Waals surface area contributed by atoms with E-state index in [1.807, 2.05) is 42.5 Å². The van der Waals surface area contributed by atoms with Gasteiger partial charge >= 0.3 is 5.97 Å². The topological polar surface area (TPSA) is 87.0 Å². The van der Waals surface area contributed by atoms with Crippen molar-refractivity contribution in [3.8, 4) is 0 Å². The van der Waals surface area contributed by atoms with Crippen molar-refractivity contribution in [1.82, 2.24) is 0 Å². The van der Waals surface area contributed by atoms with Gasteiger partial charge in [0.1, 0.15) is 6.10 Å². The Kier molecular flexibility index (Phi) is 5.23. The first kappa shape index (κ1) is 18.3. The molecule has 3 rings (SSSR count). The average Bonchev–Trinajstić information content (AvgIpc) is 2.63. The fourth-order valence-corrected chi connectivity index (χ4v) is 3.12. The van der Waals surface area contributed by atoms with Crippen LogP contribution in [-0.4, -0.2) is 45.7 Å². The highest BCUT2D eigenvalue weighted by molar-refractivity contribution is 5.85. The Morgan fingerprint density at radius 3 is 2.65 bits per heavy atom. The number of aliphatic hydroxyl groups excluding tert-OH is 2. The Hall–Kier alpha value is -2.47. The van der Waals surface area contributed by atoms with Gasteiger partial charge in [-0.3, -0.25) is 0 Å². The minimum Gasteiger partial charge on any atom is -0.464 e. The summed E-state index contributed by atoms with van der Waals surface area (Å²) in [7, 11) is 0. The third-order valence-electron chi connectivity index (χ3n) is 4.50. The number of fused-ring (bicyclic) bond motifs is 1. The van der Waals surface area contributed by atoms with Crippen molar-refractivity contribution in [1.29, 1.82) is 0 Å². The molecular formula is C21H22O5. The predicted octanol–water partition coefficient (Wildman–Crippen LogP) is 2.20. The monoisotopic (exact) mass is 354 g/mol. The molecule has 0 bridgehead atoms. The molecule has 0 saturated heterocycles. The van der Waals surface area contributed by atoms with Gasteiger partial charge < -0.3 is 20.1 Å². The maximum absolute atomic E-state index is 12.0. The van der Waals surface area contributed by atoms with Crippen LogP contribution in [0.15, 0.2) is 60.2 Å². The van der Waals surface area contributed by atoms with Crippen LogP contribution in [0.2, 0.25) is 0 Å². The molecule has 0 amide bonds. The summed E-state index contributed by atoms with van der Waals surface area (Å²) in [5, 5.41) is 33.0. The second kappa shape index (κ2) is 7.41. The van der Waals surface area contributed by atoms with Gasteiger partial charge in [0.15, 0.2) is 5.60 Å². The second-order valence-corrected chi connectivity index (χ2v) is 6.45. The molecular weight excluding hydrogens is 332 g/mol. The van der Waals surface area contributed by atoms with E-state index in [4.69, 9.17) is 4.74 Å². The van der Waals surface area contributed by atoms with Crippen molar-refractivity contribution < 1.29 is 24.9 Å². The van der Waals surface area contributed by atoms with Gasteiger partial charge in [-0.1, -0.05) is 48.6 Å². The van der Waals surface area contributed by atoms with Crippen molar-refractivity contribution in [2.45, 2.75) is 31.2 Å². The van der Waals surface area contributed by atoms with Gasteiger partial charge in [-0.2, -0.15) is 0 Å². The second-order valence-electron chi connectivity index (χ2n) is 6.45. The first-order chi connectivity index (χ1) is 12.4.